The van der Waals surface area contributed by atoms with Gasteiger partial charge in [0.1, 0.15) is 11.6 Å². The largest absolute Gasteiger partial charge is 0.359 e. The number of rotatable bonds is 1. The second-order valence-corrected chi connectivity index (χ2v) is 5.24. The van der Waals surface area contributed by atoms with Crippen molar-refractivity contribution in [1.82, 2.24) is 19.9 Å². The number of likely N-dealkylation sites (N-methyl/N-ethyl adjacent to an activating group) is 1. The van der Waals surface area contributed by atoms with E-state index in [1.165, 1.54) is 5.56 Å². The van der Waals surface area contributed by atoms with E-state index in [9.17, 15) is 0 Å². The molecule has 1 N–H and O–H groups in total. The fourth-order valence-corrected chi connectivity index (χ4v) is 2.82. The van der Waals surface area contributed by atoms with Crippen molar-refractivity contribution in [3.8, 4) is 11.3 Å². The number of aromatic nitrogens is 4. The first-order chi connectivity index (χ1) is 9.72. The lowest BCUT2D eigenvalue weighted by Gasteiger charge is -2.11. The Bertz CT molecular complexity index is 805. The molecule has 1 aliphatic heterocycles. The second kappa shape index (κ2) is 4.03. The van der Waals surface area contributed by atoms with E-state index in [1.807, 2.05) is 25.4 Å². The highest BCUT2D eigenvalue weighted by Crippen LogP contribution is 2.30. The predicted octanol–water partition coefficient (Wildman–Crippen LogP) is 2.32. The molecule has 0 amide bonds. The maximum atomic E-state index is 4.59. The molecule has 0 aliphatic carbocycles. The normalized spacial score (nSPS) is 14.0. The van der Waals surface area contributed by atoms with Gasteiger partial charge in [0.25, 0.3) is 0 Å². The zero-order chi connectivity index (χ0) is 13.7. The van der Waals surface area contributed by atoms with Crippen molar-refractivity contribution in [1.29, 1.82) is 0 Å². The molecule has 0 saturated carbocycles. The van der Waals surface area contributed by atoms with Gasteiger partial charge >= 0.3 is 0 Å². The number of aromatic amines is 1. The molecule has 4 rings (SSSR count). The van der Waals surface area contributed by atoms with Gasteiger partial charge in [-0.15, -0.1) is 0 Å². The summed E-state index contributed by atoms with van der Waals surface area (Å²) in [6.07, 6.45) is 4.85. The molecule has 3 aromatic heterocycles. The second-order valence-electron chi connectivity index (χ2n) is 5.24. The van der Waals surface area contributed by atoms with E-state index in [0.29, 0.717) is 0 Å². The monoisotopic (exact) mass is 265 g/mol. The molecule has 0 unspecified atom stereocenters. The predicted molar refractivity (Wildman–Crippen MR) is 78.8 cm³/mol. The van der Waals surface area contributed by atoms with Crippen molar-refractivity contribution in [3.05, 3.63) is 35.9 Å². The van der Waals surface area contributed by atoms with Crippen LogP contribution in [0.4, 0.5) is 5.82 Å². The van der Waals surface area contributed by atoms with Crippen LogP contribution in [0.5, 0.6) is 0 Å². The van der Waals surface area contributed by atoms with E-state index in [2.05, 4.69) is 37.9 Å². The fourth-order valence-electron chi connectivity index (χ4n) is 2.82. The maximum absolute atomic E-state index is 4.59. The molecule has 100 valence electrons. The van der Waals surface area contributed by atoms with Crippen LogP contribution < -0.4 is 4.90 Å². The van der Waals surface area contributed by atoms with E-state index in [-0.39, 0.29) is 0 Å². The highest BCUT2D eigenvalue weighted by Gasteiger charge is 2.19. The molecule has 0 spiro atoms. The first kappa shape index (κ1) is 11.4. The third-order valence-electron chi connectivity index (χ3n) is 3.81. The van der Waals surface area contributed by atoms with E-state index in [0.717, 1.165) is 46.9 Å². The number of hydrogen-bond donors (Lipinski definition) is 1. The number of H-pyrrole nitrogens is 1. The van der Waals surface area contributed by atoms with Crippen LogP contribution in [0.2, 0.25) is 0 Å². The van der Waals surface area contributed by atoms with Gasteiger partial charge in [-0.1, -0.05) is 0 Å². The average Bonchev–Trinajstić information content (AvgIpc) is 3.04. The van der Waals surface area contributed by atoms with Gasteiger partial charge in [0.05, 0.1) is 16.7 Å². The first-order valence-electron chi connectivity index (χ1n) is 6.74. The Kier molecular flexibility index (Phi) is 2.30. The molecular formula is C15H15N5. The van der Waals surface area contributed by atoms with Crippen LogP contribution in [0.1, 0.15) is 11.4 Å². The van der Waals surface area contributed by atoms with Gasteiger partial charge in [0.2, 0.25) is 0 Å². The molecular weight excluding hydrogens is 250 g/mol. The van der Waals surface area contributed by atoms with E-state index >= 15 is 0 Å². The number of nitrogens with one attached hydrogen (secondary N) is 1. The summed E-state index contributed by atoms with van der Waals surface area (Å²) >= 11 is 0. The molecule has 20 heavy (non-hydrogen) atoms. The van der Waals surface area contributed by atoms with Gasteiger partial charge < -0.3 is 9.88 Å². The molecule has 1 aliphatic rings. The van der Waals surface area contributed by atoms with Gasteiger partial charge in [0, 0.05) is 31.5 Å². The molecule has 5 heteroatoms. The lowest BCUT2D eigenvalue weighted by molar-refractivity contribution is 0.945. The van der Waals surface area contributed by atoms with Gasteiger partial charge in [-0.25, -0.2) is 15.0 Å². The summed E-state index contributed by atoms with van der Waals surface area (Å²) in [5, 5.41) is 0. The van der Waals surface area contributed by atoms with Gasteiger partial charge in [-0.05, 0) is 31.0 Å². The number of anilines is 1. The Balaban J connectivity index is 1.93. The minimum Gasteiger partial charge on any atom is -0.359 e. The summed E-state index contributed by atoms with van der Waals surface area (Å²) in [5.74, 6) is 1.87. The minimum atomic E-state index is 0.782. The number of nitrogens with zero attached hydrogens (tertiary/aromatic N) is 4. The lowest BCUT2D eigenvalue weighted by atomic mass is 10.1. The Labute approximate surface area is 116 Å². The summed E-state index contributed by atoms with van der Waals surface area (Å²) < 4.78 is 0. The van der Waals surface area contributed by atoms with Crippen LogP contribution in [-0.2, 0) is 6.42 Å². The molecule has 0 atom stereocenters. The molecule has 0 radical (unpaired) electrons. The first-order valence-corrected chi connectivity index (χ1v) is 6.74. The quantitative estimate of drug-likeness (QED) is 0.733. The third kappa shape index (κ3) is 1.59. The molecule has 0 fully saturated rings. The third-order valence-corrected chi connectivity index (χ3v) is 3.81. The summed E-state index contributed by atoms with van der Waals surface area (Å²) in [5.41, 5.74) is 5.20. The summed E-state index contributed by atoms with van der Waals surface area (Å²) in [6.45, 7) is 2.96. The van der Waals surface area contributed by atoms with E-state index < -0.39 is 0 Å². The van der Waals surface area contributed by atoms with Crippen LogP contribution in [0.15, 0.2) is 24.5 Å². The summed E-state index contributed by atoms with van der Waals surface area (Å²) in [6, 6.07) is 4.18. The number of aryl methyl sites for hydroxylation is 1. The van der Waals surface area contributed by atoms with Crippen LogP contribution in [-0.4, -0.2) is 33.5 Å². The van der Waals surface area contributed by atoms with Crippen LogP contribution >= 0.6 is 0 Å². The Hall–Kier alpha value is -2.43. The highest BCUT2D eigenvalue weighted by atomic mass is 15.2. The van der Waals surface area contributed by atoms with Crippen molar-refractivity contribution in [2.45, 2.75) is 13.3 Å². The van der Waals surface area contributed by atoms with Crippen molar-refractivity contribution in [2.75, 3.05) is 18.5 Å². The fraction of sp³-hybridized carbons (Fsp3) is 0.267. The zero-order valence-electron chi connectivity index (χ0n) is 11.5. The number of hydrogen-bond acceptors (Lipinski definition) is 4. The lowest BCUT2D eigenvalue weighted by Crippen LogP contribution is -2.13. The molecule has 0 bridgehead atoms. The molecule has 0 aromatic carbocycles. The maximum Gasteiger partial charge on any atom is 0.131 e. The van der Waals surface area contributed by atoms with Crippen molar-refractivity contribution in [2.24, 2.45) is 0 Å². The van der Waals surface area contributed by atoms with E-state index in [1.54, 1.807) is 0 Å². The highest BCUT2D eigenvalue weighted by molar-refractivity contribution is 5.89. The zero-order valence-corrected chi connectivity index (χ0v) is 11.5. The van der Waals surface area contributed by atoms with Crippen LogP contribution in [0.3, 0.4) is 0 Å². The van der Waals surface area contributed by atoms with Crippen LogP contribution in [0, 0.1) is 6.92 Å². The molecule has 4 heterocycles. The average molecular weight is 265 g/mol. The Morgan fingerprint density at radius 3 is 3.10 bits per heavy atom. The van der Waals surface area contributed by atoms with E-state index in [4.69, 9.17) is 0 Å². The Morgan fingerprint density at radius 2 is 2.20 bits per heavy atom. The summed E-state index contributed by atoms with van der Waals surface area (Å²) in [4.78, 5) is 19.0. The summed E-state index contributed by atoms with van der Waals surface area (Å²) in [7, 11) is 2.08. The molecule has 3 aromatic rings. The number of fused-ring (bicyclic) bond motifs is 2. The number of pyridine rings is 1. The molecule has 0 saturated heterocycles. The molecule has 5 nitrogen and oxygen atoms in total. The van der Waals surface area contributed by atoms with Crippen LogP contribution in [0.25, 0.3) is 22.3 Å². The van der Waals surface area contributed by atoms with Crippen molar-refractivity contribution < 1.29 is 0 Å². The minimum absolute atomic E-state index is 0.782. The van der Waals surface area contributed by atoms with Gasteiger partial charge in [-0.3, -0.25) is 0 Å². The SMILES string of the molecule is Cc1nc(-c2cnc3c(c2)CCN3C)c2[nH]ccc2n1. The van der Waals surface area contributed by atoms with Gasteiger partial charge in [-0.2, -0.15) is 0 Å². The topological polar surface area (TPSA) is 57.7 Å². The Morgan fingerprint density at radius 1 is 1.30 bits per heavy atom. The van der Waals surface area contributed by atoms with Gasteiger partial charge in [0.15, 0.2) is 0 Å². The van der Waals surface area contributed by atoms with Crippen molar-refractivity contribution in [3.63, 3.8) is 0 Å². The smallest absolute Gasteiger partial charge is 0.131 e. The van der Waals surface area contributed by atoms with Crippen molar-refractivity contribution >= 4 is 16.9 Å². The standard InChI is InChI=1S/C15H15N5/c1-9-18-12-3-5-16-14(12)13(19-9)11-7-10-4-6-20(2)15(10)17-8-11/h3,5,7-8,16H,4,6H2,1-2H3.